The van der Waals surface area contributed by atoms with Crippen molar-refractivity contribution < 1.29 is 10.3 Å². The molecular formula is C11H11ClN2O2. The fourth-order valence-electron chi connectivity index (χ4n) is 2.64. The minimum Gasteiger partial charge on any atom is -0.507 e. The van der Waals surface area contributed by atoms with Gasteiger partial charge in [-0.05, 0) is 37.0 Å². The molecule has 5 heteroatoms. The van der Waals surface area contributed by atoms with E-state index in [-0.39, 0.29) is 11.6 Å². The second-order valence-corrected chi connectivity index (χ2v) is 4.83. The number of hydrogen-bond donors (Lipinski definition) is 3. The molecular weight excluding hydrogens is 228 g/mol. The number of fused-ring (bicyclic) bond motifs is 2. The average molecular weight is 239 g/mol. The van der Waals surface area contributed by atoms with E-state index in [9.17, 15) is 10.3 Å². The Morgan fingerprint density at radius 2 is 2.06 bits per heavy atom. The Morgan fingerprint density at radius 1 is 1.38 bits per heavy atom. The smallest absolute Gasteiger partial charge is 0.157 e. The third-order valence-corrected chi connectivity index (χ3v) is 3.84. The molecule has 1 heterocycles. The Bertz CT molecular complexity index is 497. The monoisotopic (exact) mass is 238 g/mol. The van der Waals surface area contributed by atoms with E-state index in [4.69, 9.17) is 17.0 Å². The number of hydrogen-bond acceptors (Lipinski definition) is 3. The fourth-order valence-corrected chi connectivity index (χ4v) is 2.85. The highest BCUT2D eigenvalue weighted by Crippen LogP contribution is 2.53. The van der Waals surface area contributed by atoms with Crippen LogP contribution >= 0.6 is 11.6 Å². The van der Waals surface area contributed by atoms with Crippen molar-refractivity contribution >= 4 is 17.4 Å². The van der Waals surface area contributed by atoms with Crippen LogP contribution in [0.3, 0.4) is 0 Å². The molecule has 0 bridgehead atoms. The van der Waals surface area contributed by atoms with Gasteiger partial charge in [-0.1, -0.05) is 11.6 Å². The first-order valence-corrected chi connectivity index (χ1v) is 5.55. The van der Waals surface area contributed by atoms with Gasteiger partial charge in [0.1, 0.15) is 5.75 Å². The van der Waals surface area contributed by atoms with E-state index >= 15 is 0 Å². The van der Waals surface area contributed by atoms with Crippen molar-refractivity contribution in [3.63, 3.8) is 0 Å². The maximum absolute atomic E-state index is 9.96. The Kier molecular flexibility index (Phi) is 1.80. The van der Waals surface area contributed by atoms with Crippen LogP contribution in [-0.2, 0) is 5.54 Å². The molecule has 0 saturated heterocycles. The van der Waals surface area contributed by atoms with Crippen LogP contribution in [0.2, 0.25) is 5.02 Å². The third kappa shape index (κ3) is 0.961. The van der Waals surface area contributed by atoms with Crippen LogP contribution < -0.4 is 0 Å². The molecule has 16 heavy (non-hydrogen) atoms. The van der Waals surface area contributed by atoms with Crippen LogP contribution in [0, 0.1) is 5.41 Å². The molecule has 1 aromatic rings. The van der Waals surface area contributed by atoms with Gasteiger partial charge in [0.2, 0.25) is 0 Å². The molecule has 0 atom stereocenters. The minimum absolute atomic E-state index is 0.0321. The third-order valence-electron chi connectivity index (χ3n) is 3.62. The van der Waals surface area contributed by atoms with Gasteiger partial charge in [0, 0.05) is 5.02 Å². The number of amidine groups is 1. The summed E-state index contributed by atoms with van der Waals surface area (Å²) in [5.74, 6) is -0.0702. The highest BCUT2D eigenvalue weighted by molar-refractivity contribution is 6.31. The lowest BCUT2D eigenvalue weighted by atomic mass is 9.72. The lowest BCUT2D eigenvalue weighted by molar-refractivity contribution is -0.138. The molecule has 84 valence electrons. The fraction of sp³-hybridized carbons (Fsp3) is 0.364. The zero-order chi connectivity index (χ0) is 11.5. The molecule has 3 N–H and O–H groups in total. The van der Waals surface area contributed by atoms with Gasteiger partial charge in [0.15, 0.2) is 5.84 Å². The minimum atomic E-state index is -0.519. The highest BCUT2D eigenvalue weighted by atomic mass is 35.5. The quantitative estimate of drug-likeness (QED) is 0.650. The molecule has 0 aromatic heterocycles. The largest absolute Gasteiger partial charge is 0.507 e. The predicted octanol–water partition coefficient (Wildman–Crippen LogP) is 2.45. The zero-order valence-corrected chi connectivity index (χ0v) is 9.25. The summed E-state index contributed by atoms with van der Waals surface area (Å²) in [5, 5.41) is 29.0. The summed E-state index contributed by atoms with van der Waals surface area (Å²) in [4.78, 5) is 0. The first kappa shape index (κ1) is 9.93. The van der Waals surface area contributed by atoms with E-state index in [1.807, 2.05) is 0 Å². The molecule has 1 aliphatic carbocycles. The molecule has 1 saturated carbocycles. The zero-order valence-electron chi connectivity index (χ0n) is 8.50. The van der Waals surface area contributed by atoms with Crippen LogP contribution in [0.4, 0.5) is 0 Å². The van der Waals surface area contributed by atoms with E-state index < -0.39 is 5.54 Å². The van der Waals surface area contributed by atoms with Gasteiger partial charge >= 0.3 is 0 Å². The molecule has 0 radical (unpaired) electrons. The van der Waals surface area contributed by atoms with Gasteiger partial charge in [0.25, 0.3) is 0 Å². The Hall–Kier alpha value is -1.26. The molecule has 1 aromatic carbocycles. The molecule has 1 spiro atoms. The van der Waals surface area contributed by atoms with Crippen LogP contribution in [0.25, 0.3) is 0 Å². The molecule has 1 aliphatic heterocycles. The molecule has 1 fully saturated rings. The summed E-state index contributed by atoms with van der Waals surface area (Å²) in [5.41, 5.74) is 0.664. The normalized spacial score (nSPS) is 21.1. The summed E-state index contributed by atoms with van der Waals surface area (Å²) in [6.45, 7) is 0. The number of nitrogens with zero attached hydrogens (tertiary/aromatic N) is 1. The lowest BCUT2D eigenvalue weighted by Gasteiger charge is -2.43. The van der Waals surface area contributed by atoms with Gasteiger partial charge < -0.3 is 5.11 Å². The van der Waals surface area contributed by atoms with Crippen molar-refractivity contribution in [3.8, 4) is 5.75 Å². The first-order valence-electron chi connectivity index (χ1n) is 5.17. The van der Waals surface area contributed by atoms with Crippen molar-refractivity contribution in [1.82, 2.24) is 5.06 Å². The number of benzene rings is 1. The van der Waals surface area contributed by atoms with Crippen molar-refractivity contribution in [1.29, 1.82) is 5.41 Å². The Labute approximate surface area is 97.5 Å². The molecule has 4 nitrogen and oxygen atoms in total. The topological polar surface area (TPSA) is 67.5 Å². The second-order valence-electron chi connectivity index (χ2n) is 4.39. The highest BCUT2D eigenvalue weighted by Gasteiger charge is 2.53. The summed E-state index contributed by atoms with van der Waals surface area (Å²) in [7, 11) is 0. The van der Waals surface area contributed by atoms with Crippen LogP contribution in [0.5, 0.6) is 5.75 Å². The summed E-state index contributed by atoms with van der Waals surface area (Å²) >= 11 is 5.90. The summed E-state index contributed by atoms with van der Waals surface area (Å²) in [6, 6.07) is 3.14. The average Bonchev–Trinajstić information content (AvgIpc) is 2.35. The SMILES string of the molecule is N=C1c2c(O)cc(Cl)cc2C2(CCC2)N1O. The van der Waals surface area contributed by atoms with Gasteiger partial charge in [0.05, 0.1) is 11.1 Å². The van der Waals surface area contributed by atoms with Crippen LogP contribution in [-0.4, -0.2) is 21.2 Å². The maximum atomic E-state index is 9.96. The van der Waals surface area contributed by atoms with E-state index in [1.165, 1.54) is 6.07 Å². The van der Waals surface area contributed by atoms with Gasteiger partial charge in [-0.15, -0.1) is 0 Å². The number of phenols is 1. The van der Waals surface area contributed by atoms with Gasteiger partial charge in [-0.3, -0.25) is 10.6 Å². The number of hydroxylamine groups is 2. The number of rotatable bonds is 0. The summed E-state index contributed by atoms with van der Waals surface area (Å²) in [6.07, 6.45) is 2.59. The molecule has 0 unspecified atom stereocenters. The van der Waals surface area contributed by atoms with Crippen molar-refractivity contribution in [2.24, 2.45) is 0 Å². The van der Waals surface area contributed by atoms with E-state index in [2.05, 4.69) is 0 Å². The summed E-state index contributed by atoms with van der Waals surface area (Å²) < 4.78 is 0. The van der Waals surface area contributed by atoms with Gasteiger partial charge in [-0.2, -0.15) is 0 Å². The number of nitrogens with one attached hydrogen (secondary N) is 1. The lowest BCUT2D eigenvalue weighted by Crippen LogP contribution is -2.46. The van der Waals surface area contributed by atoms with Crippen LogP contribution in [0.15, 0.2) is 12.1 Å². The standard InChI is InChI=1S/C11H11ClN2O2/c12-6-4-7-9(8(15)5-6)10(13)14(16)11(7)2-1-3-11/h4-5,13,15-16H,1-3H2. The van der Waals surface area contributed by atoms with E-state index in [1.54, 1.807) is 6.07 Å². The van der Waals surface area contributed by atoms with E-state index in [0.717, 1.165) is 29.9 Å². The number of halogens is 1. The van der Waals surface area contributed by atoms with Crippen molar-refractivity contribution in [3.05, 3.63) is 28.3 Å². The van der Waals surface area contributed by atoms with Crippen molar-refractivity contribution in [2.75, 3.05) is 0 Å². The van der Waals surface area contributed by atoms with Crippen LogP contribution in [0.1, 0.15) is 30.4 Å². The predicted molar refractivity (Wildman–Crippen MR) is 59.1 cm³/mol. The molecule has 2 aliphatic rings. The molecule has 3 rings (SSSR count). The number of phenolic OH excluding ortho intramolecular Hbond substituents is 1. The van der Waals surface area contributed by atoms with Crippen molar-refractivity contribution in [2.45, 2.75) is 24.8 Å². The maximum Gasteiger partial charge on any atom is 0.157 e. The first-order chi connectivity index (χ1) is 7.56. The number of aromatic hydroxyl groups is 1. The van der Waals surface area contributed by atoms with E-state index in [0.29, 0.717) is 10.6 Å². The Balaban J connectivity index is 2.29. The Morgan fingerprint density at radius 3 is 2.62 bits per heavy atom. The second kappa shape index (κ2) is 2.90. The molecule has 0 amide bonds. The van der Waals surface area contributed by atoms with Gasteiger partial charge in [-0.25, -0.2) is 5.06 Å².